The fourth-order valence-electron chi connectivity index (χ4n) is 2.22. The molecule has 1 rings (SSSR count). The summed E-state index contributed by atoms with van der Waals surface area (Å²) < 4.78 is 43.5. The molecule has 7 heteroatoms. The number of carbonyl (C=O) groups excluding carboxylic acids is 1. The number of rotatable bonds is 2. The number of carbonyl (C=O) groups is 1. The van der Waals surface area contributed by atoms with Crippen LogP contribution in [0.25, 0.3) is 0 Å². The summed E-state index contributed by atoms with van der Waals surface area (Å²) in [6, 6.07) is 0. The molecule has 0 bridgehead atoms. The Bertz CT molecular complexity index is 356. The molecule has 0 N–H and O–H groups in total. The van der Waals surface area contributed by atoms with Gasteiger partial charge in [0.05, 0.1) is 5.54 Å². The number of amides is 1. The third-order valence-electron chi connectivity index (χ3n) is 3.10. The smallest absolute Gasteiger partial charge is 0.410 e. The Hall–Kier alpha value is -0.980. The molecule has 0 saturated carbocycles. The molecule has 4 nitrogen and oxygen atoms in total. The van der Waals surface area contributed by atoms with Crippen molar-refractivity contribution < 1.29 is 22.7 Å². The van der Waals surface area contributed by atoms with Gasteiger partial charge >= 0.3 is 6.09 Å². The van der Waals surface area contributed by atoms with Crippen LogP contribution in [0.2, 0.25) is 0 Å². The molecular formula is C13H23F3N2O2. The van der Waals surface area contributed by atoms with Crippen molar-refractivity contribution in [2.24, 2.45) is 0 Å². The van der Waals surface area contributed by atoms with E-state index in [0.29, 0.717) is 0 Å². The van der Waals surface area contributed by atoms with Crippen molar-refractivity contribution in [3.63, 3.8) is 0 Å². The van der Waals surface area contributed by atoms with Gasteiger partial charge in [-0.15, -0.1) is 0 Å². The Morgan fingerprint density at radius 1 is 1.20 bits per heavy atom. The molecule has 1 heterocycles. The first-order valence-electron chi connectivity index (χ1n) is 6.61. The van der Waals surface area contributed by atoms with Gasteiger partial charge in [-0.2, -0.15) is 0 Å². The summed E-state index contributed by atoms with van der Waals surface area (Å²) in [7, 11) is 0. The van der Waals surface area contributed by atoms with Crippen LogP contribution in [0.4, 0.5) is 18.0 Å². The van der Waals surface area contributed by atoms with E-state index in [9.17, 15) is 18.0 Å². The minimum Gasteiger partial charge on any atom is -0.444 e. The van der Waals surface area contributed by atoms with E-state index in [1.165, 1.54) is 4.90 Å². The maximum atomic E-state index is 13.4. The van der Waals surface area contributed by atoms with Crippen molar-refractivity contribution in [1.29, 1.82) is 0 Å². The zero-order valence-corrected chi connectivity index (χ0v) is 12.6. The van der Waals surface area contributed by atoms with Crippen LogP contribution >= 0.6 is 0 Å². The highest BCUT2D eigenvalue weighted by molar-refractivity contribution is 5.69. The van der Waals surface area contributed by atoms with Gasteiger partial charge in [-0.1, -0.05) is 0 Å². The molecule has 0 aromatic rings. The molecule has 0 aromatic carbocycles. The van der Waals surface area contributed by atoms with Gasteiger partial charge in [0.2, 0.25) is 6.30 Å². The standard InChI is InChI=1S/C13H23F3N2O2/c1-12(2,3)20-11(19)18-7-6-17(8-13(18,4)5)10(16)9(14)15/h9-10H,6-8H2,1-5H3. The third kappa shape index (κ3) is 4.26. The van der Waals surface area contributed by atoms with E-state index in [1.807, 2.05) is 0 Å². The average Bonchev–Trinajstić information content (AvgIpc) is 2.23. The quantitative estimate of drug-likeness (QED) is 0.735. The molecule has 0 aromatic heterocycles. The van der Waals surface area contributed by atoms with Gasteiger partial charge in [-0.3, -0.25) is 4.90 Å². The van der Waals surface area contributed by atoms with Gasteiger partial charge in [0.15, 0.2) is 0 Å². The molecule has 1 amide bonds. The van der Waals surface area contributed by atoms with Crippen LogP contribution < -0.4 is 0 Å². The van der Waals surface area contributed by atoms with Gasteiger partial charge in [-0.25, -0.2) is 18.0 Å². The lowest BCUT2D eigenvalue weighted by atomic mass is 9.99. The molecule has 118 valence electrons. The summed E-state index contributed by atoms with van der Waals surface area (Å²) in [6.45, 7) is 8.94. The lowest BCUT2D eigenvalue weighted by molar-refractivity contribution is -0.0937. The fraction of sp³-hybridized carbons (Fsp3) is 0.923. The highest BCUT2D eigenvalue weighted by Crippen LogP contribution is 2.26. The predicted octanol–water partition coefficient (Wildman–Crippen LogP) is 2.88. The van der Waals surface area contributed by atoms with Crippen molar-refractivity contribution >= 4 is 6.09 Å². The van der Waals surface area contributed by atoms with Crippen LogP contribution in [0, 0.1) is 0 Å². The molecular weight excluding hydrogens is 273 g/mol. The maximum Gasteiger partial charge on any atom is 0.410 e. The molecule has 0 radical (unpaired) electrons. The summed E-state index contributed by atoms with van der Waals surface area (Å²) in [4.78, 5) is 14.6. The first-order valence-corrected chi connectivity index (χ1v) is 6.61. The minimum atomic E-state index is -3.04. The van der Waals surface area contributed by atoms with E-state index in [-0.39, 0.29) is 19.6 Å². The second kappa shape index (κ2) is 5.79. The van der Waals surface area contributed by atoms with E-state index in [1.54, 1.807) is 34.6 Å². The Morgan fingerprint density at radius 2 is 1.75 bits per heavy atom. The van der Waals surface area contributed by atoms with Crippen LogP contribution in [0.3, 0.4) is 0 Å². The van der Waals surface area contributed by atoms with E-state index in [2.05, 4.69) is 0 Å². The summed E-state index contributed by atoms with van der Waals surface area (Å²) in [5.41, 5.74) is -1.39. The molecule has 0 spiro atoms. The number of alkyl halides is 3. The zero-order chi connectivity index (χ0) is 15.7. The zero-order valence-electron chi connectivity index (χ0n) is 12.6. The van der Waals surface area contributed by atoms with E-state index < -0.39 is 30.0 Å². The highest BCUT2D eigenvalue weighted by atomic mass is 19.3. The Morgan fingerprint density at radius 3 is 2.15 bits per heavy atom. The number of halogens is 3. The fourth-order valence-corrected chi connectivity index (χ4v) is 2.22. The Labute approximate surface area is 117 Å². The largest absolute Gasteiger partial charge is 0.444 e. The molecule has 1 atom stereocenters. The van der Waals surface area contributed by atoms with E-state index in [0.717, 1.165) is 4.90 Å². The van der Waals surface area contributed by atoms with Gasteiger partial charge < -0.3 is 9.64 Å². The molecule has 1 unspecified atom stereocenters. The van der Waals surface area contributed by atoms with Gasteiger partial charge in [0, 0.05) is 19.6 Å². The Kier molecular flexibility index (Phi) is 4.94. The summed E-state index contributed by atoms with van der Waals surface area (Å²) in [5.74, 6) is 0. The highest BCUT2D eigenvalue weighted by Gasteiger charge is 2.42. The van der Waals surface area contributed by atoms with Gasteiger partial charge in [0.25, 0.3) is 6.43 Å². The monoisotopic (exact) mass is 296 g/mol. The number of hydrogen-bond acceptors (Lipinski definition) is 3. The van der Waals surface area contributed by atoms with E-state index in [4.69, 9.17) is 4.74 Å². The number of ether oxygens (including phenoxy) is 1. The van der Waals surface area contributed by atoms with E-state index >= 15 is 0 Å². The third-order valence-corrected chi connectivity index (χ3v) is 3.10. The summed E-state index contributed by atoms with van der Waals surface area (Å²) in [6.07, 6.45) is -5.84. The van der Waals surface area contributed by atoms with Crippen LogP contribution in [0.5, 0.6) is 0 Å². The number of nitrogens with zero attached hydrogens (tertiary/aromatic N) is 2. The second-order valence-electron chi connectivity index (χ2n) is 6.62. The summed E-state index contributed by atoms with van der Waals surface area (Å²) in [5, 5.41) is 0. The lowest BCUT2D eigenvalue weighted by Gasteiger charge is -2.47. The van der Waals surface area contributed by atoms with Crippen molar-refractivity contribution in [2.75, 3.05) is 19.6 Å². The molecule has 1 saturated heterocycles. The second-order valence-corrected chi connectivity index (χ2v) is 6.62. The Balaban J connectivity index is 2.73. The predicted molar refractivity (Wildman–Crippen MR) is 69.5 cm³/mol. The SMILES string of the molecule is CC(C)(C)OC(=O)N1CCN(C(F)C(F)F)CC1(C)C. The normalized spacial score (nSPS) is 21.9. The van der Waals surface area contributed by atoms with Crippen LogP contribution in [-0.4, -0.2) is 59.4 Å². The molecule has 1 aliphatic heterocycles. The molecule has 1 fully saturated rings. The first kappa shape index (κ1) is 17.1. The average molecular weight is 296 g/mol. The van der Waals surface area contributed by atoms with Gasteiger partial charge in [-0.05, 0) is 34.6 Å². The summed E-state index contributed by atoms with van der Waals surface area (Å²) >= 11 is 0. The van der Waals surface area contributed by atoms with Crippen molar-refractivity contribution in [1.82, 2.24) is 9.80 Å². The molecule has 1 aliphatic rings. The molecule has 20 heavy (non-hydrogen) atoms. The van der Waals surface area contributed by atoms with Crippen LogP contribution in [0.15, 0.2) is 0 Å². The number of piperazine rings is 1. The van der Waals surface area contributed by atoms with Crippen molar-refractivity contribution in [3.8, 4) is 0 Å². The van der Waals surface area contributed by atoms with Crippen LogP contribution in [-0.2, 0) is 4.74 Å². The maximum absolute atomic E-state index is 13.4. The van der Waals surface area contributed by atoms with Crippen molar-refractivity contribution in [2.45, 2.75) is 58.5 Å². The lowest BCUT2D eigenvalue weighted by Crippen LogP contribution is -2.63. The van der Waals surface area contributed by atoms with Crippen molar-refractivity contribution in [3.05, 3.63) is 0 Å². The molecule has 0 aliphatic carbocycles. The minimum absolute atomic E-state index is 0.0394. The van der Waals surface area contributed by atoms with Crippen LogP contribution in [0.1, 0.15) is 34.6 Å². The van der Waals surface area contributed by atoms with Gasteiger partial charge in [0.1, 0.15) is 5.60 Å². The topological polar surface area (TPSA) is 32.8 Å². The first-order chi connectivity index (χ1) is 8.94. The number of hydrogen-bond donors (Lipinski definition) is 0.